The Morgan fingerprint density at radius 3 is 2.72 bits per heavy atom. The van der Waals surface area contributed by atoms with E-state index >= 15 is 0 Å². The lowest BCUT2D eigenvalue weighted by atomic mass is 10.0. The molecule has 5 heteroatoms. The first-order valence-electron chi connectivity index (χ1n) is 5.75. The van der Waals surface area contributed by atoms with Crippen LogP contribution in [0.15, 0.2) is 12.1 Å². The quantitative estimate of drug-likeness (QED) is 0.661. The predicted molar refractivity (Wildman–Crippen MR) is 75.2 cm³/mol. The van der Waals surface area contributed by atoms with Gasteiger partial charge in [-0.3, -0.25) is 0 Å². The van der Waals surface area contributed by atoms with Gasteiger partial charge in [-0.1, -0.05) is 18.5 Å². The van der Waals surface area contributed by atoms with Crippen molar-refractivity contribution in [3.05, 3.63) is 28.3 Å². The van der Waals surface area contributed by atoms with E-state index in [1.807, 2.05) is 6.92 Å². The summed E-state index contributed by atoms with van der Waals surface area (Å²) in [6.07, 6.45) is 0.844. The van der Waals surface area contributed by atoms with Crippen molar-refractivity contribution in [1.82, 2.24) is 4.98 Å². The molecule has 0 fully saturated rings. The molecule has 1 aromatic carbocycles. The molecule has 4 nitrogen and oxygen atoms in total. The number of hydrogen-bond acceptors (Lipinski definition) is 4. The fraction of sp³-hybridized carbons (Fsp3) is 0.308. The van der Waals surface area contributed by atoms with Crippen molar-refractivity contribution in [2.45, 2.75) is 20.3 Å². The van der Waals surface area contributed by atoms with Crippen molar-refractivity contribution in [3.8, 4) is 5.75 Å². The Hall–Kier alpha value is -1.52. The van der Waals surface area contributed by atoms with Gasteiger partial charge in [0.2, 0.25) is 0 Å². The topological polar surface area (TPSA) is 60.2 Å². The molecular formula is C13H16ClN3O. The van der Waals surface area contributed by atoms with Gasteiger partial charge in [0.25, 0.3) is 0 Å². The highest BCUT2D eigenvalue weighted by Crippen LogP contribution is 2.34. The molecule has 2 rings (SSSR count). The zero-order chi connectivity index (χ0) is 13.3. The van der Waals surface area contributed by atoms with Gasteiger partial charge < -0.3 is 10.2 Å². The molecule has 0 atom stereocenters. The molecular weight excluding hydrogens is 250 g/mol. The SMILES string of the molecule is CCc1cc2c(C)c(Cl)cc(OC)c2nc1NN. The second kappa shape index (κ2) is 5.00. The van der Waals surface area contributed by atoms with E-state index in [0.29, 0.717) is 16.6 Å². The van der Waals surface area contributed by atoms with Crippen LogP contribution in [0.1, 0.15) is 18.1 Å². The number of anilines is 1. The molecule has 0 unspecified atom stereocenters. The second-order valence-corrected chi connectivity index (χ2v) is 4.48. The van der Waals surface area contributed by atoms with Crippen LogP contribution < -0.4 is 16.0 Å². The number of rotatable bonds is 3. The first-order chi connectivity index (χ1) is 8.62. The Balaban J connectivity index is 2.86. The number of methoxy groups -OCH3 is 1. The highest BCUT2D eigenvalue weighted by molar-refractivity contribution is 6.32. The molecule has 1 heterocycles. The van der Waals surface area contributed by atoms with Crippen LogP contribution in [0.25, 0.3) is 10.9 Å². The van der Waals surface area contributed by atoms with Crippen molar-refractivity contribution < 1.29 is 4.74 Å². The van der Waals surface area contributed by atoms with E-state index < -0.39 is 0 Å². The molecule has 3 N–H and O–H groups in total. The normalized spacial score (nSPS) is 10.7. The summed E-state index contributed by atoms with van der Waals surface area (Å²) in [6.45, 7) is 4.03. The lowest BCUT2D eigenvalue weighted by molar-refractivity contribution is 0.419. The molecule has 0 aliphatic rings. The van der Waals surface area contributed by atoms with Gasteiger partial charge >= 0.3 is 0 Å². The third-order valence-electron chi connectivity index (χ3n) is 3.09. The minimum atomic E-state index is 0.653. The number of benzene rings is 1. The fourth-order valence-electron chi connectivity index (χ4n) is 2.00. The van der Waals surface area contributed by atoms with Crippen molar-refractivity contribution in [2.75, 3.05) is 12.5 Å². The number of hydrogen-bond donors (Lipinski definition) is 2. The van der Waals surface area contributed by atoms with Crippen LogP contribution in [0.5, 0.6) is 5.75 Å². The predicted octanol–water partition coefficient (Wildman–Crippen LogP) is 3.05. The van der Waals surface area contributed by atoms with Gasteiger partial charge in [-0.2, -0.15) is 0 Å². The van der Waals surface area contributed by atoms with Crippen LogP contribution in [0, 0.1) is 6.92 Å². The summed E-state index contributed by atoms with van der Waals surface area (Å²) < 4.78 is 5.32. The smallest absolute Gasteiger partial charge is 0.146 e. The first kappa shape index (κ1) is 12.9. The Morgan fingerprint density at radius 2 is 2.17 bits per heavy atom. The monoisotopic (exact) mass is 265 g/mol. The van der Waals surface area contributed by atoms with E-state index in [-0.39, 0.29) is 0 Å². The zero-order valence-corrected chi connectivity index (χ0v) is 11.4. The van der Waals surface area contributed by atoms with Gasteiger partial charge in [-0.05, 0) is 30.5 Å². The van der Waals surface area contributed by atoms with Gasteiger partial charge in [0, 0.05) is 16.5 Å². The average Bonchev–Trinajstić information content (AvgIpc) is 2.41. The van der Waals surface area contributed by atoms with Crippen molar-refractivity contribution >= 4 is 28.3 Å². The van der Waals surface area contributed by atoms with Crippen molar-refractivity contribution in [3.63, 3.8) is 0 Å². The van der Waals surface area contributed by atoms with Gasteiger partial charge in [-0.25, -0.2) is 10.8 Å². The van der Waals surface area contributed by atoms with Gasteiger partial charge in [-0.15, -0.1) is 0 Å². The number of halogens is 1. The van der Waals surface area contributed by atoms with Crippen LogP contribution in [-0.4, -0.2) is 12.1 Å². The Labute approximate surface area is 111 Å². The minimum absolute atomic E-state index is 0.653. The Kier molecular flexibility index (Phi) is 3.59. The van der Waals surface area contributed by atoms with Crippen molar-refractivity contribution in [2.24, 2.45) is 5.84 Å². The van der Waals surface area contributed by atoms with E-state index in [1.165, 1.54) is 0 Å². The standard InChI is InChI=1S/C13H16ClN3O/c1-4-8-5-9-7(2)10(14)6-11(18-3)12(9)16-13(8)17-15/h5-6H,4,15H2,1-3H3,(H,16,17). The molecule has 0 aliphatic heterocycles. The largest absolute Gasteiger partial charge is 0.494 e. The third kappa shape index (κ3) is 1.98. The molecule has 96 valence electrons. The number of aryl methyl sites for hydroxylation is 2. The highest BCUT2D eigenvalue weighted by atomic mass is 35.5. The number of nitrogens with one attached hydrogen (secondary N) is 1. The zero-order valence-electron chi connectivity index (χ0n) is 10.7. The van der Waals surface area contributed by atoms with Crippen molar-refractivity contribution in [1.29, 1.82) is 0 Å². The highest BCUT2D eigenvalue weighted by Gasteiger charge is 2.13. The molecule has 0 saturated heterocycles. The molecule has 0 saturated carbocycles. The molecule has 0 bridgehead atoms. The lowest BCUT2D eigenvalue weighted by Crippen LogP contribution is -2.11. The minimum Gasteiger partial charge on any atom is -0.494 e. The third-order valence-corrected chi connectivity index (χ3v) is 3.49. The summed E-state index contributed by atoms with van der Waals surface area (Å²) in [6, 6.07) is 3.83. The van der Waals surface area contributed by atoms with Gasteiger partial charge in [0.1, 0.15) is 17.1 Å². The maximum absolute atomic E-state index is 6.19. The second-order valence-electron chi connectivity index (χ2n) is 4.08. The van der Waals surface area contributed by atoms with E-state index in [9.17, 15) is 0 Å². The number of pyridine rings is 1. The summed E-state index contributed by atoms with van der Waals surface area (Å²) in [4.78, 5) is 4.52. The number of aromatic nitrogens is 1. The average molecular weight is 266 g/mol. The van der Waals surface area contributed by atoms with Gasteiger partial charge in [0.05, 0.1) is 7.11 Å². The summed E-state index contributed by atoms with van der Waals surface area (Å²) in [5.41, 5.74) is 5.44. The summed E-state index contributed by atoms with van der Waals surface area (Å²) in [5.74, 6) is 6.82. The first-order valence-corrected chi connectivity index (χ1v) is 6.13. The van der Waals surface area contributed by atoms with Crippen LogP contribution in [0.2, 0.25) is 5.02 Å². The molecule has 2 aromatic rings. The van der Waals surface area contributed by atoms with Crippen LogP contribution in [0.4, 0.5) is 5.82 Å². The number of hydrazine groups is 1. The number of fused-ring (bicyclic) bond motifs is 1. The lowest BCUT2D eigenvalue weighted by Gasteiger charge is -2.13. The fourth-order valence-corrected chi connectivity index (χ4v) is 2.20. The Bertz CT molecular complexity index is 599. The van der Waals surface area contributed by atoms with Crippen LogP contribution >= 0.6 is 11.6 Å². The van der Waals surface area contributed by atoms with E-state index in [2.05, 4.69) is 23.4 Å². The Morgan fingerprint density at radius 1 is 1.44 bits per heavy atom. The molecule has 0 spiro atoms. The van der Waals surface area contributed by atoms with Gasteiger partial charge in [0.15, 0.2) is 0 Å². The number of nitrogen functional groups attached to an aromatic ring is 1. The number of nitrogens with zero attached hydrogens (tertiary/aromatic N) is 1. The molecule has 0 radical (unpaired) electrons. The van der Waals surface area contributed by atoms with Crippen LogP contribution in [-0.2, 0) is 6.42 Å². The molecule has 18 heavy (non-hydrogen) atoms. The maximum atomic E-state index is 6.19. The van der Waals surface area contributed by atoms with E-state index in [4.69, 9.17) is 22.2 Å². The van der Waals surface area contributed by atoms with Crippen LogP contribution in [0.3, 0.4) is 0 Å². The summed E-state index contributed by atoms with van der Waals surface area (Å²) in [7, 11) is 1.60. The summed E-state index contributed by atoms with van der Waals surface area (Å²) in [5, 5.41) is 1.67. The number of ether oxygens (including phenoxy) is 1. The molecule has 0 amide bonds. The van der Waals surface area contributed by atoms with E-state index in [1.54, 1.807) is 13.2 Å². The summed E-state index contributed by atoms with van der Waals surface area (Å²) >= 11 is 6.19. The van der Waals surface area contributed by atoms with E-state index in [0.717, 1.165) is 28.5 Å². The molecule has 1 aromatic heterocycles. The number of nitrogens with two attached hydrogens (primary N) is 1. The maximum Gasteiger partial charge on any atom is 0.146 e. The molecule has 0 aliphatic carbocycles.